The fraction of sp³-hybridized carbons (Fsp3) is 0.0435. The first-order valence-electron chi connectivity index (χ1n) is 8.36. The van der Waals surface area contributed by atoms with Crippen LogP contribution in [0.1, 0.15) is 5.56 Å². The van der Waals surface area contributed by atoms with Gasteiger partial charge in [0, 0.05) is 0 Å². The average molecular weight is 346 g/mol. The van der Waals surface area contributed by atoms with E-state index in [2.05, 4.69) is 36.4 Å². The Morgan fingerprint density at radius 2 is 1.19 bits per heavy atom. The lowest BCUT2D eigenvalue weighted by atomic mass is 9.89. The number of hydrogen-bond donors (Lipinski definition) is 0. The number of hydrogen-bond acceptors (Lipinski definition) is 0. The SMILES string of the molecule is FC(F)(F)c1ccc(-c2cc3cccc4ccc5cccc2c5c43)cc1. The fourth-order valence-corrected chi connectivity index (χ4v) is 3.84. The molecule has 0 aliphatic heterocycles. The molecule has 5 aromatic carbocycles. The topological polar surface area (TPSA) is 0 Å². The van der Waals surface area contributed by atoms with Gasteiger partial charge in [0.05, 0.1) is 5.56 Å². The summed E-state index contributed by atoms with van der Waals surface area (Å²) in [6.07, 6.45) is -4.32. The highest BCUT2D eigenvalue weighted by molar-refractivity contribution is 6.26. The predicted octanol–water partition coefficient (Wildman–Crippen LogP) is 7.27. The molecule has 0 atom stereocenters. The summed E-state index contributed by atoms with van der Waals surface area (Å²) in [5.74, 6) is 0. The molecule has 3 heteroatoms. The Kier molecular flexibility index (Phi) is 3.05. The van der Waals surface area contributed by atoms with Gasteiger partial charge in [0.1, 0.15) is 0 Å². The van der Waals surface area contributed by atoms with Gasteiger partial charge in [0.25, 0.3) is 0 Å². The van der Waals surface area contributed by atoms with Crippen LogP contribution in [0.5, 0.6) is 0 Å². The third-order valence-corrected chi connectivity index (χ3v) is 5.03. The molecule has 0 aliphatic carbocycles. The van der Waals surface area contributed by atoms with Crippen molar-refractivity contribution >= 4 is 32.3 Å². The van der Waals surface area contributed by atoms with Gasteiger partial charge in [-0.2, -0.15) is 13.2 Å². The average Bonchev–Trinajstić information content (AvgIpc) is 2.65. The van der Waals surface area contributed by atoms with E-state index in [1.54, 1.807) is 12.1 Å². The third kappa shape index (κ3) is 2.17. The maximum atomic E-state index is 12.9. The van der Waals surface area contributed by atoms with Crippen molar-refractivity contribution in [2.45, 2.75) is 6.18 Å². The Morgan fingerprint density at radius 3 is 1.88 bits per heavy atom. The molecule has 0 saturated carbocycles. The van der Waals surface area contributed by atoms with E-state index < -0.39 is 11.7 Å². The first-order chi connectivity index (χ1) is 12.5. The molecule has 0 radical (unpaired) electrons. The molecule has 0 fully saturated rings. The van der Waals surface area contributed by atoms with Crippen molar-refractivity contribution < 1.29 is 13.2 Å². The van der Waals surface area contributed by atoms with Crippen LogP contribution in [-0.4, -0.2) is 0 Å². The summed E-state index contributed by atoms with van der Waals surface area (Å²) in [6.45, 7) is 0. The van der Waals surface area contributed by atoms with Crippen molar-refractivity contribution in [2.75, 3.05) is 0 Å². The summed E-state index contributed by atoms with van der Waals surface area (Å²) in [4.78, 5) is 0. The van der Waals surface area contributed by atoms with E-state index in [0.717, 1.165) is 44.8 Å². The van der Waals surface area contributed by atoms with Gasteiger partial charge >= 0.3 is 6.18 Å². The highest BCUT2D eigenvalue weighted by Crippen LogP contribution is 2.40. The molecule has 5 rings (SSSR count). The van der Waals surface area contributed by atoms with Crippen LogP contribution in [0.4, 0.5) is 13.2 Å². The van der Waals surface area contributed by atoms with Crippen LogP contribution in [0.2, 0.25) is 0 Å². The van der Waals surface area contributed by atoms with Crippen molar-refractivity contribution in [3.05, 3.63) is 84.4 Å². The molecular weight excluding hydrogens is 333 g/mol. The summed E-state index contributed by atoms with van der Waals surface area (Å²) < 4.78 is 38.6. The smallest absolute Gasteiger partial charge is 0.166 e. The minimum absolute atomic E-state index is 0.627. The summed E-state index contributed by atoms with van der Waals surface area (Å²) in [6, 6.07) is 24.0. The van der Waals surface area contributed by atoms with Crippen LogP contribution >= 0.6 is 0 Å². The Bertz CT molecular complexity index is 1250. The number of halogens is 3. The monoisotopic (exact) mass is 346 g/mol. The van der Waals surface area contributed by atoms with Crippen molar-refractivity contribution in [1.29, 1.82) is 0 Å². The first-order valence-corrected chi connectivity index (χ1v) is 8.36. The maximum Gasteiger partial charge on any atom is 0.416 e. The summed E-state index contributed by atoms with van der Waals surface area (Å²) in [7, 11) is 0. The number of rotatable bonds is 1. The van der Waals surface area contributed by atoms with Crippen LogP contribution in [0, 0.1) is 0 Å². The van der Waals surface area contributed by atoms with Crippen molar-refractivity contribution in [2.24, 2.45) is 0 Å². The van der Waals surface area contributed by atoms with Gasteiger partial charge in [0.15, 0.2) is 0 Å². The summed E-state index contributed by atoms with van der Waals surface area (Å²) >= 11 is 0. The van der Waals surface area contributed by atoms with Gasteiger partial charge in [-0.25, -0.2) is 0 Å². The van der Waals surface area contributed by atoms with E-state index in [0.29, 0.717) is 0 Å². The molecule has 0 aliphatic rings. The zero-order chi connectivity index (χ0) is 17.9. The Balaban J connectivity index is 1.85. The predicted molar refractivity (Wildman–Crippen MR) is 101 cm³/mol. The highest BCUT2D eigenvalue weighted by atomic mass is 19.4. The molecular formula is C23H13F3. The second kappa shape index (κ2) is 5.21. The normalized spacial score (nSPS) is 12.4. The maximum absolute atomic E-state index is 12.9. The zero-order valence-corrected chi connectivity index (χ0v) is 13.6. The quantitative estimate of drug-likeness (QED) is 0.280. The molecule has 0 amide bonds. The number of alkyl halides is 3. The third-order valence-electron chi connectivity index (χ3n) is 5.03. The summed E-state index contributed by atoms with van der Waals surface area (Å²) in [5.41, 5.74) is 1.12. The number of benzene rings is 5. The molecule has 0 nitrogen and oxygen atoms in total. The van der Waals surface area contributed by atoms with Gasteiger partial charge in [-0.3, -0.25) is 0 Å². The molecule has 126 valence electrons. The Morgan fingerprint density at radius 1 is 0.577 bits per heavy atom. The van der Waals surface area contributed by atoms with E-state index in [4.69, 9.17) is 0 Å². The standard InChI is InChI=1S/C23H13F3/c24-23(25,26)18-11-9-14(10-12-18)20-13-17-5-1-3-15-7-8-16-4-2-6-19(20)22(16)21(15)17/h1-13H. The van der Waals surface area contributed by atoms with Crippen molar-refractivity contribution in [3.63, 3.8) is 0 Å². The Labute approximate surface area is 147 Å². The van der Waals surface area contributed by atoms with Crippen LogP contribution in [0.25, 0.3) is 43.4 Å². The molecule has 0 aromatic heterocycles. The van der Waals surface area contributed by atoms with E-state index in [9.17, 15) is 13.2 Å². The lowest BCUT2D eigenvalue weighted by molar-refractivity contribution is -0.137. The summed E-state index contributed by atoms with van der Waals surface area (Å²) in [5, 5.41) is 6.84. The molecule has 0 heterocycles. The van der Waals surface area contributed by atoms with E-state index >= 15 is 0 Å². The molecule has 0 spiro atoms. The zero-order valence-electron chi connectivity index (χ0n) is 13.6. The molecule has 0 unspecified atom stereocenters. The largest absolute Gasteiger partial charge is 0.416 e. The minimum Gasteiger partial charge on any atom is -0.166 e. The molecule has 0 N–H and O–H groups in total. The van der Waals surface area contributed by atoms with Crippen LogP contribution in [0.15, 0.2) is 78.9 Å². The van der Waals surface area contributed by atoms with Gasteiger partial charge in [-0.15, -0.1) is 0 Å². The van der Waals surface area contributed by atoms with E-state index in [1.807, 2.05) is 18.2 Å². The Hall–Kier alpha value is -3.07. The van der Waals surface area contributed by atoms with Gasteiger partial charge in [-0.1, -0.05) is 60.7 Å². The second-order valence-corrected chi connectivity index (χ2v) is 6.55. The highest BCUT2D eigenvalue weighted by Gasteiger charge is 2.30. The van der Waals surface area contributed by atoms with Gasteiger partial charge < -0.3 is 0 Å². The first kappa shape index (κ1) is 15.2. The molecule has 0 bridgehead atoms. The fourth-order valence-electron chi connectivity index (χ4n) is 3.84. The lowest BCUT2D eigenvalue weighted by Gasteiger charge is -2.15. The lowest BCUT2D eigenvalue weighted by Crippen LogP contribution is -2.04. The van der Waals surface area contributed by atoms with E-state index in [-0.39, 0.29) is 0 Å². The van der Waals surface area contributed by atoms with Crippen molar-refractivity contribution in [1.82, 2.24) is 0 Å². The van der Waals surface area contributed by atoms with E-state index in [1.165, 1.54) is 10.8 Å². The molecule has 5 aromatic rings. The minimum atomic E-state index is -4.32. The molecule has 26 heavy (non-hydrogen) atoms. The van der Waals surface area contributed by atoms with Crippen LogP contribution in [0.3, 0.4) is 0 Å². The second-order valence-electron chi connectivity index (χ2n) is 6.55. The van der Waals surface area contributed by atoms with Gasteiger partial charge in [-0.05, 0) is 61.6 Å². The molecule has 0 saturated heterocycles. The van der Waals surface area contributed by atoms with Crippen LogP contribution < -0.4 is 0 Å². The van der Waals surface area contributed by atoms with Gasteiger partial charge in [0.2, 0.25) is 0 Å². The van der Waals surface area contributed by atoms with Crippen molar-refractivity contribution in [3.8, 4) is 11.1 Å². The van der Waals surface area contributed by atoms with Crippen LogP contribution in [-0.2, 0) is 6.18 Å².